The average molecular weight is 682 g/mol. The summed E-state index contributed by atoms with van der Waals surface area (Å²) in [7, 11) is -4.56. The second kappa shape index (κ2) is 15.1. The average Bonchev–Trinajstić information content (AvgIpc) is 3.36. The van der Waals surface area contributed by atoms with Crippen LogP contribution >= 0.6 is 12.0 Å². The highest BCUT2D eigenvalue weighted by Gasteiger charge is 2.44. The highest BCUT2D eigenvalue weighted by atomic mass is 32.2. The lowest BCUT2D eigenvalue weighted by atomic mass is 9.81. The van der Waals surface area contributed by atoms with Crippen molar-refractivity contribution in [1.29, 1.82) is 0 Å². The molecular weight excluding hydrogens is 641 g/mol. The van der Waals surface area contributed by atoms with Gasteiger partial charge in [0.05, 0.1) is 22.4 Å². The highest BCUT2D eigenvalue weighted by Crippen LogP contribution is 2.48. The van der Waals surface area contributed by atoms with Crippen LogP contribution < -0.4 is 10.2 Å². The van der Waals surface area contributed by atoms with E-state index in [1.807, 2.05) is 75.4 Å². The molecule has 1 N–H and O–H groups in total. The smallest absolute Gasteiger partial charge is 0.303 e. The molecule has 2 aromatic carbocycles. The number of rotatable bonds is 15. The minimum atomic E-state index is -4.56. The molecule has 47 heavy (non-hydrogen) atoms. The third-order valence-corrected chi connectivity index (χ3v) is 10.1. The molecule has 0 aromatic heterocycles. The Morgan fingerprint density at radius 3 is 2.38 bits per heavy atom. The molecule has 0 aliphatic carbocycles. The second-order valence-corrected chi connectivity index (χ2v) is 14.6. The molecule has 0 saturated heterocycles. The van der Waals surface area contributed by atoms with Crippen molar-refractivity contribution < 1.29 is 42.1 Å². The summed E-state index contributed by atoms with van der Waals surface area (Å²) in [4.78, 5) is 13.6. The van der Waals surface area contributed by atoms with Gasteiger partial charge in [0.1, 0.15) is 16.7 Å². The van der Waals surface area contributed by atoms with E-state index >= 15 is 0 Å². The molecule has 10 nitrogen and oxygen atoms in total. The molecule has 2 aliphatic heterocycles. The lowest BCUT2D eigenvalue weighted by molar-refractivity contribution is -0.777. The molecule has 0 atom stereocenters. The van der Waals surface area contributed by atoms with Gasteiger partial charge >= 0.3 is 5.97 Å². The summed E-state index contributed by atoms with van der Waals surface area (Å²) >= 11 is 0.855. The van der Waals surface area contributed by atoms with E-state index in [-0.39, 0.29) is 16.7 Å². The molecule has 252 valence electrons. The summed E-state index contributed by atoms with van der Waals surface area (Å²) in [5.41, 5.74) is 5.07. The zero-order chi connectivity index (χ0) is 34.4. The van der Waals surface area contributed by atoms with Crippen molar-refractivity contribution in [1.82, 2.24) is 0 Å². The monoisotopic (exact) mass is 681 g/mol. The number of benzene rings is 2. The first-order valence-electron chi connectivity index (χ1n) is 15.5. The van der Waals surface area contributed by atoms with Crippen LogP contribution in [0.2, 0.25) is 0 Å². The SMILES string of the molecule is CCN1\C(=C/C=C/C=C/C=C/C2=[N+](CCCCCC(=O)O)c3ccc(SOO[O-])cc3C2(C)C)C(C)(C)c2cc(S(=O)(=O)[O-])ccc21. The van der Waals surface area contributed by atoms with Gasteiger partial charge in [-0.1, -0.05) is 44.2 Å². The van der Waals surface area contributed by atoms with Crippen LogP contribution in [0.25, 0.3) is 0 Å². The lowest BCUT2D eigenvalue weighted by Crippen LogP contribution is -2.28. The molecule has 0 radical (unpaired) electrons. The first-order valence-corrected chi connectivity index (χ1v) is 17.6. The van der Waals surface area contributed by atoms with Crippen LogP contribution in [0.4, 0.5) is 11.4 Å². The Morgan fingerprint density at radius 2 is 1.70 bits per heavy atom. The van der Waals surface area contributed by atoms with Crippen molar-refractivity contribution in [3.63, 3.8) is 0 Å². The van der Waals surface area contributed by atoms with Crippen LogP contribution in [0.3, 0.4) is 0 Å². The van der Waals surface area contributed by atoms with Gasteiger partial charge in [-0.15, -0.1) is 0 Å². The van der Waals surface area contributed by atoms with E-state index < -0.39 is 21.5 Å². The molecule has 0 saturated carbocycles. The van der Waals surface area contributed by atoms with Crippen molar-refractivity contribution in [3.05, 3.63) is 95.8 Å². The predicted molar refractivity (Wildman–Crippen MR) is 179 cm³/mol. The molecule has 2 aliphatic rings. The number of allylic oxidation sites excluding steroid dienone is 8. The maximum Gasteiger partial charge on any atom is 0.303 e. The standard InChI is InChI=1S/C35H42N2O8S2/c1-6-36-29-21-19-26(47(41,42)43)24-28(29)35(4,5)31(36)15-11-8-7-9-12-16-32-34(2,3)27-23-25(46-45-44-40)18-20-30(27)37(32)22-14-10-13-17-33(38)39/h7-9,11-12,15-16,18-21,23-24H,6,10,13-14,17,22H2,1-5H3,(H2-,38,39,40,41,42,43)/p-1. The third kappa shape index (κ3) is 8.14. The Labute approximate surface area is 281 Å². The maximum absolute atomic E-state index is 11.7. The zero-order valence-electron chi connectivity index (χ0n) is 27.3. The minimum absolute atomic E-state index is 0.156. The minimum Gasteiger partial charge on any atom is -0.744 e. The Balaban J connectivity index is 1.53. The van der Waals surface area contributed by atoms with E-state index in [0.29, 0.717) is 13.0 Å². The number of likely N-dealkylation sites (N-methyl/N-ethyl adjacent to an activating group) is 1. The van der Waals surface area contributed by atoms with Gasteiger partial charge in [-0.05, 0) is 75.6 Å². The lowest BCUT2D eigenvalue weighted by Gasteiger charge is -2.25. The molecule has 0 unspecified atom stereocenters. The summed E-state index contributed by atoms with van der Waals surface area (Å²) in [6.07, 6.45) is 16.3. The van der Waals surface area contributed by atoms with E-state index in [1.54, 1.807) is 6.07 Å². The number of anilines is 1. The summed E-state index contributed by atoms with van der Waals surface area (Å²) in [5.74, 6) is -0.786. The fraction of sp³-hybridized carbons (Fsp3) is 0.371. The number of hydrogen-bond donors (Lipinski definition) is 1. The summed E-state index contributed by atoms with van der Waals surface area (Å²) in [5, 5.41) is 22.9. The Hall–Kier alpha value is -3.52. The fourth-order valence-corrected chi connectivity index (χ4v) is 7.25. The number of nitrogens with zero attached hydrogens (tertiary/aromatic N) is 2. The Morgan fingerprint density at radius 1 is 0.979 bits per heavy atom. The molecule has 4 rings (SSSR count). The van der Waals surface area contributed by atoms with Gasteiger partial charge in [0, 0.05) is 58.8 Å². The van der Waals surface area contributed by atoms with Gasteiger partial charge in [-0.3, -0.25) is 9.83 Å². The fourth-order valence-electron chi connectivity index (χ4n) is 6.36. The number of carboxylic acid groups (broad SMARTS) is 1. The van der Waals surface area contributed by atoms with Crippen LogP contribution in [0.1, 0.15) is 71.4 Å². The number of carboxylic acids is 1. The topological polar surface area (TPSA) is 142 Å². The predicted octanol–water partition coefficient (Wildman–Crippen LogP) is 6.21. The molecule has 0 amide bonds. The van der Waals surface area contributed by atoms with Crippen molar-refractivity contribution in [2.75, 3.05) is 18.0 Å². The van der Waals surface area contributed by atoms with E-state index in [0.717, 1.165) is 70.2 Å². The first kappa shape index (κ1) is 36.3. The first-order chi connectivity index (χ1) is 22.2. The number of fused-ring (bicyclic) bond motifs is 2. The molecule has 2 aromatic rings. The normalized spacial score (nSPS) is 17.9. The zero-order valence-corrected chi connectivity index (χ0v) is 28.9. The van der Waals surface area contributed by atoms with Gasteiger partial charge < -0.3 is 19.8 Å². The Bertz CT molecular complexity index is 1750. The number of unbranched alkanes of at least 4 members (excludes halogenated alkanes) is 2. The van der Waals surface area contributed by atoms with E-state index in [4.69, 9.17) is 5.11 Å². The highest BCUT2D eigenvalue weighted by molar-refractivity contribution is 7.94. The maximum atomic E-state index is 11.7. The van der Waals surface area contributed by atoms with Gasteiger partial charge in [0.25, 0.3) is 0 Å². The van der Waals surface area contributed by atoms with Gasteiger partial charge in [-0.2, -0.15) is 8.91 Å². The van der Waals surface area contributed by atoms with Gasteiger partial charge in [-0.25, -0.2) is 8.42 Å². The quantitative estimate of drug-likeness (QED) is 0.0438. The summed E-state index contributed by atoms with van der Waals surface area (Å²) in [6, 6.07) is 10.4. The molecule has 0 spiro atoms. The van der Waals surface area contributed by atoms with E-state index in [9.17, 15) is 23.0 Å². The molecular formula is C35H41N2O8S2-. The van der Waals surface area contributed by atoms with Crippen molar-refractivity contribution >= 4 is 45.2 Å². The number of hydrogen-bond acceptors (Lipinski definition) is 9. The largest absolute Gasteiger partial charge is 0.744 e. The van der Waals surface area contributed by atoms with E-state index in [2.05, 4.69) is 38.8 Å². The van der Waals surface area contributed by atoms with Crippen LogP contribution in [0.15, 0.2) is 94.4 Å². The summed E-state index contributed by atoms with van der Waals surface area (Å²) in [6.45, 7) is 11.8. The van der Waals surface area contributed by atoms with Gasteiger partial charge in [0.15, 0.2) is 5.71 Å². The van der Waals surface area contributed by atoms with Crippen LogP contribution in [0.5, 0.6) is 0 Å². The van der Waals surface area contributed by atoms with Crippen molar-refractivity contribution in [2.45, 2.75) is 80.9 Å². The number of carbonyl (C=O) groups is 1. The molecule has 12 heteroatoms. The van der Waals surface area contributed by atoms with Crippen LogP contribution in [-0.4, -0.2) is 47.4 Å². The van der Waals surface area contributed by atoms with Crippen molar-refractivity contribution in [2.24, 2.45) is 0 Å². The second-order valence-electron chi connectivity index (χ2n) is 12.4. The molecule has 2 heterocycles. The van der Waals surface area contributed by atoms with Crippen LogP contribution in [0, 0.1) is 0 Å². The third-order valence-electron chi connectivity index (χ3n) is 8.71. The molecule has 0 fully saturated rings. The summed E-state index contributed by atoms with van der Waals surface area (Å²) < 4.78 is 41.8. The van der Waals surface area contributed by atoms with Gasteiger partial charge in [0.2, 0.25) is 5.69 Å². The number of aliphatic carboxylic acids is 1. The van der Waals surface area contributed by atoms with Crippen LogP contribution in [-0.2, 0) is 35.1 Å². The Kier molecular flexibility index (Phi) is 11.7. The van der Waals surface area contributed by atoms with E-state index in [1.165, 1.54) is 12.1 Å². The molecule has 0 bridgehead atoms. The van der Waals surface area contributed by atoms with Crippen molar-refractivity contribution in [3.8, 4) is 0 Å².